The Hall–Kier alpha value is -2.66. The molecule has 5 heteroatoms. The summed E-state index contributed by atoms with van der Waals surface area (Å²) in [4.78, 5) is 17.8. The number of carbonyl (C=O) groups is 1. The SMILES string of the molecule is COC(=O)[C@@]1([C@H](O)c2ccccc2)CC(c2ccccc2)=NO1. The van der Waals surface area contributed by atoms with Gasteiger partial charge in [0.05, 0.1) is 19.2 Å². The Kier molecular flexibility index (Phi) is 4.12. The second-order valence-corrected chi connectivity index (χ2v) is 5.37. The fourth-order valence-electron chi connectivity index (χ4n) is 2.68. The van der Waals surface area contributed by atoms with Crippen molar-refractivity contribution in [2.24, 2.45) is 5.16 Å². The molecule has 5 nitrogen and oxygen atoms in total. The van der Waals surface area contributed by atoms with Crippen molar-refractivity contribution in [3.63, 3.8) is 0 Å². The number of rotatable bonds is 4. The van der Waals surface area contributed by atoms with Crippen LogP contribution in [-0.2, 0) is 14.4 Å². The van der Waals surface area contributed by atoms with Gasteiger partial charge in [0.15, 0.2) is 0 Å². The maximum atomic E-state index is 12.3. The number of esters is 1. The first-order chi connectivity index (χ1) is 11.2. The van der Waals surface area contributed by atoms with Gasteiger partial charge in [0.2, 0.25) is 0 Å². The first-order valence-electron chi connectivity index (χ1n) is 7.29. The van der Waals surface area contributed by atoms with Crippen LogP contribution in [0.4, 0.5) is 0 Å². The van der Waals surface area contributed by atoms with Crippen LogP contribution in [-0.4, -0.2) is 29.5 Å². The van der Waals surface area contributed by atoms with Crippen LogP contribution < -0.4 is 0 Å². The van der Waals surface area contributed by atoms with E-state index in [4.69, 9.17) is 9.57 Å². The summed E-state index contributed by atoms with van der Waals surface area (Å²) in [5, 5.41) is 14.8. The lowest BCUT2D eigenvalue weighted by Gasteiger charge is -2.29. The number of ether oxygens (including phenoxy) is 1. The molecule has 0 unspecified atom stereocenters. The predicted molar refractivity (Wildman–Crippen MR) is 84.8 cm³/mol. The standard InChI is InChI=1S/C18H17NO4/c1-22-17(21)18(16(20)14-10-6-3-7-11-14)12-15(19-23-18)13-8-4-2-5-9-13/h2-11,16,20H,12H2,1H3/t16-,18+/m1/s1. The summed E-state index contributed by atoms with van der Waals surface area (Å²) < 4.78 is 4.87. The van der Waals surface area contributed by atoms with Gasteiger partial charge < -0.3 is 14.7 Å². The quantitative estimate of drug-likeness (QED) is 0.881. The van der Waals surface area contributed by atoms with E-state index in [9.17, 15) is 9.90 Å². The Balaban J connectivity index is 1.94. The van der Waals surface area contributed by atoms with Crippen molar-refractivity contribution in [3.05, 3.63) is 71.8 Å². The molecule has 2 atom stereocenters. The van der Waals surface area contributed by atoms with Crippen molar-refractivity contribution in [2.75, 3.05) is 7.11 Å². The molecule has 0 radical (unpaired) electrons. The minimum absolute atomic E-state index is 0.139. The summed E-state index contributed by atoms with van der Waals surface area (Å²) in [6, 6.07) is 18.3. The highest BCUT2D eigenvalue weighted by atomic mass is 16.7. The number of oxime groups is 1. The Labute approximate surface area is 134 Å². The number of methoxy groups -OCH3 is 1. The smallest absolute Gasteiger partial charge is 0.356 e. The van der Waals surface area contributed by atoms with Gasteiger partial charge in [-0.15, -0.1) is 0 Å². The van der Waals surface area contributed by atoms with Crippen molar-refractivity contribution in [2.45, 2.75) is 18.1 Å². The summed E-state index contributed by atoms with van der Waals surface area (Å²) in [7, 11) is 1.27. The molecule has 0 amide bonds. The first kappa shape index (κ1) is 15.2. The molecule has 0 saturated heterocycles. The van der Waals surface area contributed by atoms with Gasteiger partial charge in [0.1, 0.15) is 6.10 Å². The van der Waals surface area contributed by atoms with E-state index in [1.165, 1.54) is 7.11 Å². The molecule has 0 aliphatic carbocycles. The normalized spacial score (nSPS) is 21.2. The molecule has 1 aliphatic heterocycles. The molecule has 0 fully saturated rings. The van der Waals surface area contributed by atoms with Gasteiger partial charge in [-0.25, -0.2) is 4.79 Å². The molecule has 118 valence electrons. The zero-order valence-electron chi connectivity index (χ0n) is 12.7. The maximum absolute atomic E-state index is 12.3. The molecule has 1 heterocycles. The Morgan fingerprint density at radius 2 is 1.78 bits per heavy atom. The van der Waals surface area contributed by atoms with Gasteiger partial charge in [-0.2, -0.15) is 0 Å². The van der Waals surface area contributed by atoms with Crippen LogP contribution in [0.2, 0.25) is 0 Å². The minimum Gasteiger partial charge on any atom is -0.466 e. The van der Waals surface area contributed by atoms with Crippen molar-refractivity contribution >= 4 is 11.7 Å². The third-order valence-corrected chi connectivity index (χ3v) is 3.94. The van der Waals surface area contributed by atoms with Crippen LogP contribution >= 0.6 is 0 Å². The summed E-state index contributed by atoms with van der Waals surface area (Å²) in [5.74, 6) is -0.650. The third kappa shape index (κ3) is 2.71. The number of nitrogens with zero attached hydrogens (tertiary/aromatic N) is 1. The van der Waals surface area contributed by atoms with E-state index in [1.807, 2.05) is 36.4 Å². The summed E-state index contributed by atoms with van der Waals surface area (Å²) in [6.07, 6.45) is -1.04. The van der Waals surface area contributed by atoms with Crippen molar-refractivity contribution in [1.82, 2.24) is 0 Å². The Morgan fingerprint density at radius 1 is 1.17 bits per heavy atom. The zero-order chi connectivity index (χ0) is 16.3. The van der Waals surface area contributed by atoms with Gasteiger partial charge in [0.25, 0.3) is 5.60 Å². The third-order valence-electron chi connectivity index (χ3n) is 3.94. The average Bonchev–Trinajstić information content (AvgIpc) is 3.08. The second kappa shape index (κ2) is 6.22. The topological polar surface area (TPSA) is 68.1 Å². The number of carbonyl (C=O) groups excluding carboxylic acids is 1. The van der Waals surface area contributed by atoms with E-state index in [1.54, 1.807) is 24.3 Å². The van der Waals surface area contributed by atoms with Gasteiger partial charge in [-0.3, -0.25) is 0 Å². The van der Waals surface area contributed by atoms with Crippen LogP contribution in [0.1, 0.15) is 23.7 Å². The number of aliphatic hydroxyl groups is 1. The number of hydrogen-bond donors (Lipinski definition) is 1. The van der Waals surface area contributed by atoms with E-state index >= 15 is 0 Å². The fraction of sp³-hybridized carbons (Fsp3) is 0.222. The number of benzene rings is 2. The van der Waals surface area contributed by atoms with Gasteiger partial charge >= 0.3 is 5.97 Å². The molecule has 1 N–H and O–H groups in total. The highest BCUT2D eigenvalue weighted by Crippen LogP contribution is 2.39. The van der Waals surface area contributed by atoms with Crippen LogP contribution in [0.5, 0.6) is 0 Å². The summed E-state index contributed by atoms with van der Waals surface area (Å²) >= 11 is 0. The summed E-state index contributed by atoms with van der Waals surface area (Å²) in [6.45, 7) is 0. The van der Waals surface area contributed by atoms with Crippen molar-refractivity contribution in [1.29, 1.82) is 0 Å². The molecular formula is C18H17NO4. The lowest BCUT2D eigenvalue weighted by Crippen LogP contribution is -2.45. The van der Waals surface area contributed by atoms with E-state index in [0.717, 1.165) is 5.56 Å². The molecule has 2 aromatic rings. The van der Waals surface area contributed by atoms with Crippen molar-refractivity contribution < 1.29 is 19.5 Å². The predicted octanol–water partition coefficient (Wildman–Crippen LogP) is 2.46. The number of aliphatic hydroxyl groups excluding tert-OH is 1. The molecule has 23 heavy (non-hydrogen) atoms. The zero-order valence-corrected chi connectivity index (χ0v) is 12.7. The van der Waals surface area contributed by atoms with Crippen LogP contribution in [0.3, 0.4) is 0 Å². The molecule has 1 aliphatic rings. The minimum atomic E-state index is -1.57. The van der Waals surface area contributed by atoms with Gasteiger partial charge in [0, 0.05) is 0 Å². The highest BCUT2D eigenvalue weighted by Gasteiger charge is 2.54. The Morgan fingerprint density at radius 3 is 2.39 bits per heavy atom. The molecule has 0 saturated carbocycles. The highest BCUT2D eigenvalue weighted by molar-refractivity contribution is 6.05. The molecule has 0 spiro atoms. The lowest BCUT2D eigenvalue weighted by atomic mass is 9.85. The van der Waals surface area contributed by atoms with Crippen LogP contribution in [0.25, 0.3) is 0 Å². The van der Waals surface area contributed by atoms with Crippen LogP contribution in [0, 0.1) is 0 Å². The Bertz CT molecular complexity index is 714. The van der Waals surface area contributed by atoms with E-state index in [-0.39, 0.29) is 6.42 Å². The largest absolute Gasteiger partial charge is 0.466 e. The second-order valence-electron chi connectivity index (χ2n) is 5.37. The van der Waals surface area contributed by atoms with E-state index < -0.39 is 17.7 Å². The molecule has 2 aromatic carbocycles. The molecule has 3 rings (SSSR count). The lowest BCUT2D eigenvalue weighted by molar-refractivity contribution is -0.182. The van der Waals surface area contributed by atoms with E-state index in [0.29, 0.717) is 11.3 Å². The molecular weight excluding hydrogens is 294 g/mol. The summed E-state index contributed by atoms with van der Waals surface area (Å²) in [5.41, 5.74) is 0.452. The molecule has 0 aromatic heterocycles. The van der Waals surface area contributed by atoms with E-state index in [2.05, 4.69) is 5.16 Å². The average molecular weight is 311 g/mol. The maximum Gasteiger partial charge on any atom is 0.356 e. The number of hydrogen-bond acceptors (Lipinski definition) is 5. The van der Waals surface area contributed by atoms with Crippen LogP contribution in [0.15, 0.2) is 65.8 Å². The van der Waals surface area contributed by atoms with Gasteiger partial charge in [-0.1, -0.05) is 65.8 Å². The fourth-order valence-corrected chi connectivity index (χ4v) is 2.68. The molecule has 0 bridgehead atoms. The van der Waals surface area contributed by atoms with Crippen molar-refractivity contribution in [3.8, 4) is 0 Å². The van der Waals surface area contributed by atoms with Gasteiger partial charge in [-0.05, 0) is 11.1 Å². The first-order valence-corrected chi connectivity index (χ1v) is 7.29. The monoisotopic (exact) mass is 311 g/mol.